The Morgan fingerprint density at radius 1 is 1.07 bits per heavy atom. The van der Waals surface area contributed by atoms with E-state index in [0.717, 1.165) is 5.56 Å². The van der Waals surface area contributed by atoms with Gasteiger partial charge in [-0.05, 0) is 48.9 Å². The molecule has 3 rings (SSSR count). The summed E-state index contributed by atoms with van der Waals surface area (Å²) in [7, 11) is 1.57. The first kappa shape index (κ1) is 20.9. The average molecular weight is 405 g/mol. The number of aliphatic carboxylic acids is 1. The van der Waals surface area contributed by atoms with Crippen LogP contribution < -0.4 is 9.47 Å². The van der Waals surface area contributed by atoms with Gasteiger partial charge in [0.05, 0.1) is 12.8 Å². The van der Waals surface area contributed by atoms with Gasteiger partial charge in [0.1, 0.15) is 11.5 Å². The van der Waals surface area contributed by atoms with Crippen molar-refractivity contribution in [3.63, 3.8) is 0 Å². The molecule has 0 spiro atoms. The van der Waals surface area contributed by atoms with Crippen LogP contribution in [-0.2, 0) is 11.3 Å². The smallest absolute Gasteiger partial charge is 0.344 e. The number of ketones is 1. The van der Waals surface area contributed by atoms with Crippen LogP contribution >= 0.6 is 0 Å². The lowest BCUT2D eigenvalue weighted by Gasteiger charge is -2.10. The van der Waals surface area contributed by atoms with E-state index in [0.29, 0.717) is 29.3 Å². The number of benzene rings is 2. The second-order valence-electron chi connectivity index (χ2n) is 6.68. The molecule has 1 heterocycles. The Kier molecular flexibility index (Phi) is 6.70. The van der Waals surface area contributed by atoms with Crippen LogP contribution in [0, 0.1) is 0 Å². The Morgan fingerprint density at radius 2 is 1.83 bits per heavy atom. The molecule has 154 valence electrons. The zero-order valence-corrected chi connectivity index (χ0v) is 16.8. The molecule has 2 aromatic carbocycles. The number of carboxylic acids is 1. The molecule has 1 N–H and O–H groups in total. The summed E-state index contributed by atoms with van der Waals surface area (Å²) in [6.45, 7) is 1.99. The van der Waals surface area contributed by atoms with Crippen molar-refractivity contribution < 1.29 is 24.2 Å². The summed E-state index contributed by atoms with van der Waals surface area (Å²) < 4.78 is 12.5. The first-order valence-corrected chi connectivity index (χ1v) is 9.48. The Balaban J connectivity index is 1.70. The lowest BCUT2D eigenvalue weighted by Crippen LogP contribution is -2.22. The number of aromatic nitrogens is 1. The topological polar surface area (TPSA) is 77.8 Å². The van der Waals surface area contributed by atoms with E-state index >= 15 is 0 Å². The zero-order chi connectivity index (χ0) is 21.5. The minimum absolute atomic E-state index is 0.0784. The summed E-state index contributed by atoms with van der Waals surface area (Å²) in [5.41, 5.74) is 2.02. The fourth-order valence-electron chi connectivity index (χ4n) is 2.94. The van der Waals surface area contributed by atoms with E-state index in [-0.39, 0.29) is 5.78 Å². The summed E-state index contributed by atoms with van der Waals surface area (Å²) in [5.74, 6) is 0.0298. The van der Waals surface area contributed by atoms with E-state index in [4.69, 9.17) is 14.6 Å². The third-order valence-corrected chi connectivity index (χ3v) is 4.53. The van der Waals surface area contributed by atoms with Crippen molar-refractivity contribution in [2.24, 2.45) is 0 Å². The second-order valence-corrected chi connectivity index (χ2v) is 6.68. The highest BCUT2D eigenvalue weighted by Gasteiger charge is 2.14. The van der Waals surface area contributed by atoms with Crippen molar-refractivity contribution in [3.05, 3.63) is 89.8 Å². The molecule has 0 aliphatic carbocycles. The molecule has 6 nitrogen and oxygen atoms in total. The zero-order valence-electron chi connectivity index (χ0n) is 16.8. The maximum Gasteiger partial charge on any atom is 0.344 e. The number of nitrogens with zero attached hydrogens (tertiary/aromatic N) is 1. The molecular weight excluding hydrogens is 382 g/mol. The maximum absolute atomic E-state index is 12.9. The van der Waals surface area contributed by atoms with E-state index in [2.05, 4.69) is 0 Å². The van der Waals surface area contributed by atoms with Gasteiger partial charge in [-0.15, -0.1) is 0 Å². The highest BCUT2D eigenvalue weighted by Crippen LogP contribution is 2.18. The quantitative estimate of drug-likeness (QED) is 0.537. The van der Waals surface area contributed by atoms with Gasteiger partial charge in [0.15, 0.2) is 6.10 Å². The van der Waals surface area contributed by atoms with E-state index < -0.39 is 12.1 Å². The molecule has 30 heavy (non-hydrogen) atoms. The van der Waals surface area contributed by atoms with Gasteiger partial charge < -0.3 is 19.1 Å². The number of carboxylic acid groups (broad SMARTS) is 1. The molecule has 0 radical (unpaired) electrons. The summed E-state index contributed by atoms with van der Waals surface area (Å²) in [6.07, 6.45) is 4.76. The van der Waals surface area contributed by atoms with Gasteiger partial charge in [-0.1, -0.05) is 36.4 Å². The number of allylic oxidation sites excluding steroid dienone is 1. The Bertz CT molecular complexity index is 1070. The van der Waals surface area contributed by atoms with Gasteiger partial charge in [0, 0.05) is 18.3 Å². The van der Waals surface area contributed by atoms with Crippen LogP contribution in [0.3, 0.4) is 0 Å². The molecule has 6 heteroatoms. The van der Waals surface area contributed by atoms with Crippen LogP contribution in [0.1, 0.15) is 28.5 Å². The number of hydrogen-bond donors (Lipinski definition) is 1. The van der Waals surface area contributed by atoms with Crippen LogP contribution in [0.5, 0.6) is 11.5 Å². The second kappa shape index (κ2) is 9.60. The van der Waals surface area contributed by atoms with E-state index in [1.807, 2.05) is 35.0 Å². The lowest BCUT2D eigenvalue weighted by atomic mass is 10.1. The van der Waals surface area contributed by atoms with Crippen molar-refractivity contribution in [1.82, 2.24) is 4.57 Å². The summed E-state index contributed by atoms with van der Waals surface area (Å²) >= 11 is 0. The normalized spacial score (nSPS) is 11.9. The highest BCUT2D eigenvalue weighted by molar-refractivity contribution is 6.08. The van der Waals surface area contributed by atoms with Crippen LogP contribution in [0.25, 0.3) is 6.08 Å². The predicted octanol–water partition coefficient (Wildman–Crippen LogP) is 4.29. The van der Waals surface area contributed by atoms with Crippen molar-refractivity contribution in [2.75, 3.05) is 7.11 Å². The third kappa shape index (κ3) is 5.17. The van der Waals surface area contributed by atoms with Crippen molar-refractivity contribution >= 4 is 17.8 Å². The first-order valence-electron chi connectivity index (χ1n) is 9.48. The third-order valence-electron chi connectivity index (χ3n) is 4.53. The minimum Gasteiger partial charge on any atom is -0.497 e. The number of hydrogen-bond acceptors (Lipinski definition) is 4. The van der Waals surface area contributed by atoms with Crippen LogP contribution in [0.2, 0.25) is 0 Å². The van der Waals surface area contributed by atoms with E-state index in [1.54, 1.807) is 55.6 Å². The number of methoxy groups -OCH3 is 1. The molecule has 1 unspecified atom stereocenters. The number of ether oxygens (including phenoxy) is 2. The molecule has 3 aromatic rings. The molecule has 0 fully saturated rings. The summed E-state index contributed by atoms with van der Waals surface area (Å²) in [5, 5.41) is 8.97. The summed E-state index contributed by atoms with van der Waals surface area (Å²) in [4.78, 5) is 23.8. The van der Waals surface area contributed by atoms with Crippen molar-refractivity contribution in [1.29, 1.82) is 0 Å². The van der Waals surface area contributed by atoms with Crippen LogP contribution in [0.4, 0.5) is 0 Å². The largest absolute Gasteiger partial charge is 0.497 e. The Labute approximate surface area is 175 Å². The van der Waals surface area contributed by atoms with Gasteiger partial charge in [-0.25, -0.2) is 4.79 Å². The van der Waals surface area contributed by atoms with Crippen molar-refractivity contribution in [3.8, 4) is 11.5 Å². The highest BCUT2D eigenvalue weighted by atomic mass is 16.5. The van der Waals surface area contributed by atoms with E-state index in [9.17, 15) is 9.59 Å². The molecule has 0 aliphatic heterocycles. The fourth-order valence-corrected chi connectivity index (χ4v) is 2.94. The lowest BCUT2D eigenvalue weighted by molar-refractivity contribution is -0.144. The van der Waals surface area contributed by atoms with Gasteiger partial charge in [0.25, 0.3) is 0 Å². The van der Waals surface area contributed by atoms with Gasteiger partial charge in [-0.3, -0.25) is 4.79 Å². The first-order chi connectivity index (χ1) is 14.5. The molecule has 0 amide bonds. The van der Waals surface area contributed by atoms with Crippen LogP contribution in [-0.4, -0.2) is 34.6 Å². The van der Waals surface area contributed by atoms with Crippen molar-refractivity contribution in [2.45, 2.75) is 19.6 Å². The minimum atomic E-state index is -1.02. The molecule has 1 atom stereocenters. The Hall–Kier alpha value is -3.80. The maximum atomic E-state index is 12.9. The SMILES string of the molecule is COc1cccc(C(=O)c2cccn2CC=Cc2cccc(OC(C)C(=O)O)c2)c1. The van der Waals surface area contributed by atoms with Crippen LogP contribution in [0.15, 0.2) is 72.9 Å². The summed E-state index contributed by atoms with van der Waals surface area (Å²) in [6, 6.07) is 17.9. The molecule has 0 aliphatic rings. The van der Waals surface area contributed by atoms with E-state index in [1.165, 1.54) is 6.92 Å². The monoisotopic (exact) mass is 405 g/mol. The number of rotatable bonds is 9. The average Bonchev–Trinajstić information content (AvgIpc) is 3.22. The number of carbonyl (C=O) groups is 2. The standard InChI is InChI=1S/C24H23NO5/c1-17(24(27)28)30-21-11-3-7-18(15-21)8-5-13-25-14-6-12-22(25)23(26)19-9-4-10-20(16-19)29-2/h3-12,14-17H,13H2,1-2H3,(H,27,28). The fraction of sp³-hybridized carbons (Fsp3) is 0.167. The Morgan fingerprint density at radius 3 is 2.60 bits per heavy atom. The number of carbonyl (C=O) groups excluding carboxylic acids is 1. The molecule has 0 saturated heterocycles. The van der Waals surface area contributed by atoms with Gasteiger partial charge in [-0.2, -0.15) is 0 Å². The molecule has 0 saturated carbocycles. The van der Waals surface area contributed by atoms with Gasteiger partial charge in [0.2, 0.25) is 5.78 Å². The molecule has 0 bridgehead atoms. The predicted molar refractivity (Wildman–Crippen MR) is 114 cm³/mol. The molecular formula is C24H23NO5. The van der Waals surface area contributed by atoms with Gasteiger partial charge >= 0.3 is 5.97 Å². The molecule has 1 aromatic heterocycles.